The molecule has 0 fully saturated rings. The molecule has 1 aliphatic rings. The molecule has 1 unspecified atom stereocenters. The molecule has 44 heavy (non-hydrogen) atoms. The Hall–Kier alpha value is -4.32. The molecule has 0 bridgehead atoms. The Bertz CT molecular complexity index is 1790. The summed E-state index contributed by atoms with van der Waals surface area (Å²) in [6.45, 7) is 15.3. The van der Waals surface area contributed by atoms with E-state index in [0.29, 0.717) is 41.3 Å². The van der Waals surface area contributed by atoms with Crippen LogP contribution in [0.3, 0.4) is 0 Å². The maximum absolute atomic E-state index is 15.6. The van der Waals surface area contributed by atoms with Crippen LogP contribution in [0, 0.1) is 19.7 Å². The van der Waals surface area contributed by atoms with Gasteiger partial charge in [0.2, 0.25) is 0 Å². The summed E-state index contributed by atoms with van der Waals surface area (Å²) in [5, 5.41) is 22.3. The highest BCUT2D eigenvalue weighted by Gasteiger charge is 2.35. The molecule has 0 aliphatic carbocycles. The highest BCUT2D eigenvalue weighted by molar-refractivity contribution is 6.03. The number of fused-ring (bicyclic) bond motifs is 2. The van der Waals surface area contributed by atoms with Crippen molar-refractivity contribution in [2.75, 3.05) is 11.9 Å². The standard InChI is InChI=1S/C32H39FN6O5/c1-16-18-11-10-12-43-27(18)20(33)13-19(16)26-25(28(30(41)42)44-32(6,7)8)17(2)34-24-15-23(37-39(24)26)35-29(40)21-14-22(31(3,4)5)36-38(21)9/h13-15,28H,10-12H2,1-9H3,(H,41,42)(H,35,37,40). The lowest BCUT2D eigenvalue weighted by Gasteiger charge is -2.28. The highest BCUT2D eigenvalue weighted by atomic mass is 19.1. The molecule has 1 aliphatic heterocycles. The first-order valence-electron chi connectivity index (χ1n) is 14.6. The van der Waals surface area contributed by atoms with Gasteiger partial charge in [0.15, 0.2) is 29.1 Å². The minimum absolute atomic E-state index is 0.182. The van der Waals surface area contributed by atoms with Gasteiger partial charge in [-0.1, -0.05) is 20.8 Å². The summed E-state index contributed by atoms with van der Waals surface area (Å²) in [6.07, 6.45) is -0.108. The van der Waals surface area contributed by atoms with E-state index in [1.54, 1.807) is 46.9 Å². The number of benzene rings is 1. The third-order valence-corrected chi connectivity index (χ3v) is 7.60. The van der Waals surface area contributed by atoms with Gasteiger partial charge in [-0.25, -0.2) is 18.7 Å². The number of rotatable bonds is 6. The van der Waals surface area contributed by atoms with Crippen LogP contribution in [0.1, 0.15) is 92.6 Å². The Kier molecular flexibility index (Phi) is 7.77. The van der Waals surface area contributed by atoms with Gasteiger partial charge in [0, 0.05) is 40.9 Å². The molecule has 234 valence electrons. The molecule has 12 heteroatoms. The number of hydrogen-bond acceptors (Lipinski definition) is 7. The zero-order chi connectivity index (χ0) is 32.3. The molecule has 4 heterocycles. The van der Waals surface area contributed by atoms with Crippen molar-refractivity contribution in [2.24, 2.45) is 7.05 Å². The van der Waals surface area contributed by atoms with Gasteiger partial charge in [-0.15, -0.1) is 5.10 Å². The van der Waals surface area contributed by atoms with E-state index in [0.717, 1.165) is 23.2 Å². The molecule has 3 aromatic heterocycles. The normalized spacial score (nSPS) is 14.3. The third-order valence-electron chi connectivity index (χ3n) is 7.60. The van der Waals surface area contributed by atoms with Gasteiger partial charge in [-0.2, -0.15) is 5.10 Å². The van der Waals surface area contributed by atoms with Gasteiger partial charge in [0.25, 0.3) is 5.91 Å². The lowest BCUT2D eigenvalue weighted by Crippen LogP contribution is -2.29. The number of amides is 1. The van der Waals surface area contributed by atoms with Crippen molar-refractivity contribution in [2.45, 2.75) is 85.4 Å². The Morgan fingerprint density at radius 3 is 2.43 bits per heavy atom. The molecule has 0 saturated heterocycles. The van der Waals surface area contributed by atoms with Crippen LogP contribution in [-0.2, 0) is 28.4 Å². The molecular formula is C32H39FN6O5. The molecule has 5 rings (SSSR count). The van der Waals surface area contributed by atoms with Crippen LogP contribution >= 0.6 is 0 Å². The number of carboxylic acid groups (broad SMARTS) is 1. The number of carbonyl (C=O) groups is 2. The first-order valence-corrected chi connectivity index (χ1v) is 14.6. The zero-order valence-electron chi connectivity index (χ0n) is 26.6. The monoisotopic (exact) mass is 606 g/mol. The van der Waals surface area contributed by atoms with Crippen molar-refractivity contribution < 1.29 is 28.6 Å². The zero-order valence-corrected chi connectivity index (χ0v) is 26.6. The fraction of sp³-hybridized carbons (Fsp3) is 0.469. The number of carbonyl (C=O) groups excluding carboxylic acids is 1. The summed E-state index contributed by atoms with van der Waals surface area (Å²) < 4.78 is 30.2. The van der Waals surface area contributed by atoms with Gasteiger partial charge < -0.3 is 19.9 Å². The van der Waals surface area contributed by atoms with Crippen LogP contribution in [0.2, 0.25) is 0 Å². The van der Waals surface area contributed by atoms with Gasteiger partial charge in [-0.3, -0.25) is 9.48 Å². The van der Waals surface area contributed by atoms with E-state index in [1.807, 2.05) is 27.7 Å². The highest BCUT2D eigenvalue weighted by Crippen LogP contribution is 2.41. The van der Waals surface area contributed by atoms with Crippen LogP contribution in [0.15, 0.2) is 18.2 Å². The summed E-state index contributed by atoms with van der Waals surface area (Å²) in [4.78, 5) is 30.7. The van der Waals surface area contributed by atoms with Gasteiger partial charge in [0.1, 0.15) is 5.69 Å². The van der Waals surface area contributed by atoms with Crippen molar-refractivity contribution in [1.82, 2.24) is 24.4 Å². The smallest absolute Gasteiger partial charge is 0.337 e. The quantitative estimate of drug-likeness (QED) is 0.286. The maximum atomic E-state index is 15.6. The first kappa shape index (κ1) is 31.1. The molecule has 1 aromatic carbocycles. The third kappa shape index (κ3) is 5.78. The predicted octanol–water partition coefficient (Wildman–Crippen LogP) is 5.70. The molecule has 1 amide bonds. The minimum Gasteiger partial charge on any atom is -0.490 e. The number of ether oxygens (including phenoxy) is 2. The number of halogens is 1. The number of anilines is 1. The maximum Gasteiger partial charge on any atom is 0.337 e. The van der Waals surface area contributed by atoms with E-state index in [1.165, 1.54) is 15.3 Å². The van der Waals surface area contributed by atoms with E-state index < -0.39 is 29.4 Å². The Balaban J connectivity index is 1.72. The van der Waals surface area contributed by atoms with Crippen LogP contribution in [0.25, 0.3) is 16.9 Å². The van der Waals surface area contributed by atoms with E-state index in [9.17, 15) is 14.7 Å². The summed E-state index contributed by atoms with van der Waals surface area (Å²) >= 11 is 0. The second kappa shape index (κ2) is 11.0. The average Bonchev–Trinajstić information content (AvgIpc) is 3.51. The number of aliphatic carboxylic acids is 1. The molecule has 1 atom stereocenters. The predicted molar refractivity (Wildman–Crippen MR) is 163 cm³/mol. The number of nitrogens with one attached hydrogen (secondary N) is 1. The van der Waals surface area contributed by atoms with E-state index in [4.69, 9.17) is 9.47 Å². The molecule has 4 aromatic rings. The molecule has 0 radical (unpaired) electrons. The summed E-state index contributed by atoms with van der Waals surface area (Å²) in [5.74, 6) is -1.81. The second-order valence-electron chi connectivity index (χ2n) is 13.2. The molecule has 0 saturated carbocycles. The van der Waals surface area contributed by atoms with Crippen LogP contribution in [0.5, 0.6) is 5.75 Å². The summed E-state index contributed by atoms with van der Waals surface area (Å²) in [6, 6.07) is 4.67. The van der Waals surface area contributed by atoms with Crippen molar-refractivity contribution in [3.05, 3.63) is 57.8 Å². The first-order chi connectivity index (χ1) is 20.5. The van der Waals surface area contributed by atoms with Crippen LogP contribution in [-0.4, -0.2) is 53.6 Å². The number of nitrogens with zero attached hydrogens (tertiary/aromatic N) is 5. The van der Waals surface area contributed by atoms with Crippen molar-refractivity contribution in [3.63, 3.8) is 0 Å². The number of aromatic nitrogens is 5. The van der Waals surface area contributed by atoms with E-state index in [-0.39, 0.29) is 22.5 Å². The number of carboxylic acids is 1. The lowest BCUT2D eigenvalue weighted by molar-refractivity contribution is -0.160. The van der Waals surface area contributed by atoms with Gasteiger partial charge in [-0.05, 0) is 65.2 Å². The fourth-order valence-corrected chi connectivity index (χ4v) is 5.48. The number of hydrogen-bond donors (Lipinski definition) is 2. The Labute approximate surface area is 255 Å². The van der Waals surface area contributed by atoms with Crippen molar-refractivity contribution >= 4 is 23.3 Å². The van der Waals surface area contributed by atoms with Gasteiger partial charge in [0.05, 0.1) is 23.6 Å². The largest absolute Gasteiger partial charge is 0.490 e. The summed E-state index contributed by atoms with van der Waals surface area (Å²) in [5.41, 5.74) is 3.16. The minimum atomic E-state index is -1.44. The topological polar surface area (TPSA) is 133 Å². The molecular weight excluding hydrogens is 567 g/mol. The lowest BCUT2D eigenvalue weighted by atomic mass is 9.91. The Morgan fingerprint density at radius 2 is 1.82 bits per heavy atom. The second-order valence-corrected chi connectivity index (χ2v) is 13.2. The molecule has 2 N–H and O–H groups in total. The summed E-state index contributed by atoms with van der Waals surface area (Å²) in [7, 11) is 1.70. The number of aryl methyl sites for hydroxylation is 2. The van der Waals surface area contributed by atoms with Gasteiger partial charge >= 0.3 is 5.97 Å². The van der Waals surface area contributed by atoms with Crippen LogP contribution in [0.4, 0.5) is 10.2 Å². The molecule has 11 nitrogen and oxygen atoms in total. The van der Waals surface area contributed by atoms with E-state index >= 15 is 4.39 Å². The van der Waals surface area contributed by atoms with Crippen molar-refractivity contribution in [3.8, 4) is 17.0 Å². The molecule has 0 spiro atoms. The fourth-order valence-electron chi connectivity index (χ4n) is 5.48. The van der Waals surface area contributed by atoms with Crippen molar-refractivity contribution in [1.29, 1.82) is 0 Å². The van der Waals surface area contributed by atoms with E-state index in [2.05, 4.69) is 20.5 Å². The Morgan fingerprint density at radius 1 is 1.11 bits per heavy atom. The van der Waals surface area contributed by atoms with Crippen LogP contribution < -0.4 is 10.1 Å². The SMILES string of the molecule is Cc1nc2cc(NC(=O)c3cc(C(C)(C)C)nn3C)nn2c(-c2cc(F)c3c(c2C)CCCO3)c1C(OC(C)(C)C)C(=O)O. The average molecular weight is 607 g/mol.